The third-order valence-corrected chi connectivity index (χ3v) is 4.05. The van der Waals surface area contributed by atoms with Crippen molar-refractivity contribution in [3.05, 3.63) is 51.2 Å². The minimum Gasteiger partial charge on any atom is -0.494 e. The molecule has 1 aromatic carbocycles. The molecule has 2 rings (SSSR count). The molecule has 2 unspecified atom stereocenters. The summed E-state index contributed by atoms with van der Waals surface area (Å²) in [4.78, 5) is 26.1. The van der Waals surface area contributed by atoms with Gasteiger partial charge in [-0.25, -0.2) is 4.79 Å². The Morgan fingerprint density at radius 2 is 1.90 bits per heavy atom. The van der Waals surface area contributed by atoms with Crippen LogP contribution in [0.3, 0.4) is 0 Å². The SMILES string of the molecule is CC(CS(C)=O)n1c(O)c(-c2ccccc2)c(=O)[nH]c1=O. The molecule has 2 atom stereocenters. The molecule has 0 radical (unpaired) electrons. The Kier molecular flexibility index (Phi) is 4.42. The molecule has 0 aliphatic carbocycles. The van der Waals surface area contributed by atoms with Crippen LogP contribution in [0.1, 0.15) is 13.0 Å². The van der Waals surface area contributed by atoms with Gasteiger partial charge in [-0.15, -0.1) is 0 Å². The van der Waals surface area contributed by atoms with Crippen molar-refractivity contribution in [2.45, 2.75) is 13.0 Å². The fraction of sp³-hybridized carbons (Fsp3) is 0.286. The maximum absolute atomic E-state index is 12.0. The van der Waals surface area contributed by atoms with Crippen molar-refractivity contribution in [2.24, 2.45) is 0 Å². The van der Waals surface area contributed by atoms with Crippen molar-refractivity contribution >= 4 is 10.8 Å². The number of H-pyrrole nitrogens is 1. The van der Waals surface area contributed by atoms with E-state index in [-0.39, 0.29) is 11.3 Å². The van der Waals surface area contributed by atoms with E-state index in [9.17, 15) is 18.9 Å². The first-order valence-electron chi connectivity index (χ1n) is 6.35. The van der Waals surface area contributed by atoms with Crippen LogP contribution in [0.4, 0.5) is 0 Å². The van der Waals surface area contributed by atoms with Crippen LogP contribution in [0.5, 0.6) is 5.88 Å². The van der Waals surface area contributed by atoms with Gasteiger partial charge in [-0.05, 0) is 12.5 Å². The van der Waals surface area contributed by atoms with Gasteiger partial charge in [0.05, 0.1) is 6.04 Å². The second kappa shape index (κ2) is 6.09. The van der Waals surface area contributed by atoms with Crippen LogP contribution in [0.2, 0.25) is 0 Å². The van der Waals surface area contributed by atoms with Crippen molar-refractivity contribution in [1.82, 2.24) is 9.55 Å². The molecule has 21 heavy (non-hydrogen) atoms. The Morgan fingerprint density at radius 3 is 2.48 bits per heavy atom. The molecular formula is C14H16N2O4S. The highest BCUT2D eigenvalue weighted by molar-refractivity contribution is 7.84. The molecule has 1 aromatic heterocycles. The first-order valence-corrected chi connectivity index (χ1v) is 8.07. The lowest BCUT2D eigenvalue weighted by Crippen LogP contribution is -2.34. The van der Waals surface area contributed by atoms with Crippen molar-refractivity contribution < 1.29 is 9.32 Å². The van der Waals surface area contributed by atoms with Crippen molar-refractivity contribution in [3.63, 3.8) is 0 Å². The molecule has 2 N–H and O–H groups in total. The minimum atomic E-state index is -1.13. The third-order valence-electron chi connectivity index (χ3n) is 3.10. The van der Waals surface area contributed by atoms with Crippen LogP contribution >= 0.6 is 0 Å². The number of aromatic amines is 1. The largest absolute Gasteiger partial charge is 0.494 e. The maximum atomic E-state index is 12.0. The number of aromatic hydroxyl groups is 1. The van der Waals surface area contributed by atoms with E-state index >= 15 is 0 Å². The number of rotatable bonds is 4. The Bertz CT molecular complexity index is 780. The smallest absolute Gasteiger partial charge is 0.331 e. The number of nitrogens with one attached hydrogen (secondary N) is 1. The van der Waals surface area contributed by atoms with E-state index in [0.717, 1.165) is 4.57 Å². The lowest BCUT2D eigenvalue weighted by atomic mass is 10.1. The van der Waals surface area contributed by atoms with Crippen molar-refractivity contribution in [3.8, 4) is 17.0 Å². The van der Waals surface area contributed by atoms with Gasteiger partial charge in [-0.3, -0.25) is 18.6 Å². The topological polar surface area (TPSA) is 92.2 Å². The van der Waals surface area contributed by atoms with Crippen molar-refractivity contribution in [1.29, 1.82) is 0 Å². The van der Waals surface area contributed by atoms with Crippen molar-refractivity contribution in [2.75, 3.05) is 12.0 Å². The monoisotopic (exact) mass is 308 g/mol. The summed E-state index contributed by atoms with van der Waals surface area (Å²) < 4.78 is 12.4. The second-order valence-electron chi connectivity index (χ2n) is 4.78. The van der Waals surface area contributed by atoms with Gasteiger partial charge in [0.1, 0.15) is 5.56 Å². The Labute approximate surface area is 123 Å². The minimum absolute atomic E-state index is 0.0314. The second-order valence-corrected chi connectivity index (χ2v) is 6.26. The summed E-state index contributed by atoms with van der Waals surface area (Å²) in [5.74, 6) is -0.207. The van der Waals surface area contributed by atoms with E-state index in [1.165, 1.54) is 6.26 Å². The van der Waals surface area contributed by atoms with Gasteiger partial charge >= 0.3 is 5.69 Å². The van der Waals surface area contributed by atoms with Crippen LogP contribution in [0, 0.1) is 0 Å². The van der Waals surface area contributed by atoms with Crippen LogP contribution in [0.25, 0.3) is 11.1 Å². The van der Waals surface area contributed by atoms with Gasteiger partial charge in [0, 0.05) is 22.8 Å². The highest BCUT2D eigenvalue weighted by Crippen LogP contribution is 2.25. The lowest BCUT2D eigenvalue weighted by molar-refractivity contribution is 0.385. The summed E-state index contributed by atoms with van der Waals surface area (Å²) in [6, 6.07) is 8.09. The van der Waals surface area contributed by atoms with Gasteiger partial charge in [0.25, 0.3) is 5.56 Å². The van der Waals surface area contributed by atoms with Crippen LogP contribution < -0.4 is 11.2 Å². The molecule has 0 saturated carbocycles. The lowest BCUT2D eigenvalue weighted by Gasteiger charge is -2.17. The summed E-state index contributed by atoms with van der Waals surface area (Å²) in [5, 5.41) is 10.3. The molecule has 1 heterocycles. The Hall–Kier alpha value is -2.15. The molecule has 0 aliphatic rings. The first-order chi connectivity index (χ1) is 9.91. The highest BCUT2D eigenvalue weighted by atomic mass is 32.2. The molecule has 112 valence electrons. The predicted octanol–water partition coefficient (Wildman–Crippen LogP) is 0.849. The van der Waals surface area contributed by atoms with Crippen LogP contribution in [-0.4, -0.2) is 30.9 Å². The van der Waals surface area contributed by atoms with Gasteiger partial charge in [0.2, 0.25) is 5.88 Å². The predicted molar refractivity (Wildman–Crippen MR) is 82.1 cm³/mol. The first kappa shape index (κ1) is 15.2. The van der Waals surface area contributed by atoms with Gasteiger partial charge in [-0.1, -0.05) is 30.3 Å². The Balaban J connectivity index is 2.67. The van der Waals surface area contributed by atoms with Crippen LogP contribution in [-0.2, 0) is 10.8 Å². The number of benzene rings is 1. The van der Waals surface area contributed by atoms with Gasteiger partial charge < -0.3 is 5.11 Å². The van der Waals surface area contributed by atoms with E-state index in [1.54, 1.807) is 37.3 Å². The average molecular weight is 308 g/mol. The van der Waals surface area contributed by atoms with E-state index in [2.05, 4.69) is 4.98 Å². The zero-order chi connectivity index (χ0) is 15.6. The fourth-order valence-corrected chi connectivity index (χ4v) is 3.05. The van der Waals surface area contributed by atoms with E-state index in [4.69, 9.17) is 0 Å². The molecule has 7 heteroatoms. The number of hydrogen-bond donors (Lipinski definition) is 2. The highest BCUT2D eigenvalue weighted by Gasteiger charge is 2.19. The number of aromatic nitrogens is 2. The summed E-state index contributed by atoms with van der Waals surface area (Å²) in [7, 11) is -1.13. The quantitative estimate of drug-likeness (QED) is 0.876. The number of nitrogens with zero attached hydrogens (tertiary/aromatic N) is 1. The molecule has 0 saturated heterocycles. The molecular weight excluding hydrogens is 292 g/mol. The third kappa shape index (κ3) is 3.13. The van der Waals surface area contributed by atoms with Gasteiger partial charge in [0.15, 0.2) is 0 Å². The Morgan fingerprint density at radius 1 is 1.29 bits per heavy atom. The summed E-state index contributed by atoms with van der Waals surface area (Å²) in [6.45, 7) is 1.66. The zero-order valence-corrected chi connectivity index (χ0v) is 12.5. The van der Waals surface area contributed by atoms with Crippen LogP contribution in [0.15, 0.2) is 39.9 Å². The molecule has 0 bridgehead atoms. The van der Waals surface area contributed by atoms with E-state index in [1.807, 2.05) is 0 Å². The average Bonchev–Trinajstić information content (AvgIpc) is 2.38. The summed E-state index contributed by atoms with van der Waals surface area (Å²) in [5.41, 5.74) is -0.821. The van der Waals surface area contributed by atoms with E-state index < -0.39 is 34.0 Å². The summed E-state index contributed by atoms with van der Waals surface area (Å²) >= 11 is 0. The molecule has 2 aromatic rings. The number of hydrogen-bond acceptors (Lipinski definition) is 4. The standard InChI is InChI=1S/C14H16N2O4S/c1-9(8-21(2)20)16-13(18)11(12(17)15-14(16)19)10-6-4-3-5-7-10/h3-7,9,18H,8H2,1-2H3,(H,15,17,19). The molecule has 0 fully saturated rings. The molecule has 0 spiro atoms. The summed E-state index contributed by atoms with van der Waals surface area (Å²) in [6.07, 6.45) is 1.52. The van der Waals surface area contributed by atoms with E-state index in [0.29, 0.717) is 5.56 Å². The maximum Gasteiger partial charge on any atom is 0.331 e. The zero-order valence-electron chi connectivity index (χ0n) is 11.7. The van der Waals surface area contributed by atoms with Gasteiger partial charge in [-0.2, -0.15) is 0 Å². The fourth-order valence-electron chi connectivity index (χ4n) is 2.23. The molecule has 6 nitrogen and oxygen atoms in total. The molecule has 0 aliphatic heterocycles. The normalized spacial score (nSPS) is 13.8. The molecule has 0 amide bonds.